The van der Waals surface area contributed by atoms with Crippen molar-refractivity contribution in [1.29, 1.82) is 0 Å². The summed E-state index contributed by atoms with van der Waals surface area (Å²) >= 11 is 5.84. The van der Waals surface area contributed by atoms with E-state index in [4.69, 9.17) is 11.6 Å². The number of anilines is 1. The van der Waals surface area contributed by atoms with Crippen molar-refractivity contribution in [3.05, 3.63) is 22.8 Å². The van der Waals surface area contributed by atoms with E-state index in [1.165, 1.54) is 0 Å². The Hall–Kier alpha value is -1.01. The van der Waals surface area contributed by atoms with Gasteiger partial charge in [-0.1, -0.05) is 11.6 Å². The lowest BCUT2D eigenvalue weighted by atomic mass is 10.2. The average molecular weight is 266 g/mol. The number of nitrogens with zero attached hydrogens (tertiary/aromatic N) is 2. The van der Waals surface area contributed by atoms with Crippen LogP contribution in [0.15, 0.2) is 12.3 Å². The maximum absolute atomic E-state index is 12.4. The van der Waals surface area contributed by atoms with Gasteiger partial charge in [-0.2, -0.15) is 13.2 Å². The summed E-state index contributed by atoms with van der Waals surface area (Å²) in [6.07, 6.45) is -3.58. The molecule has 1 aliphatic rings. The minimum Gasteiger partial charge on any atom is -0.353 e. The van der Waals surface area contributed by atoms with Gasteiger partial charge in [0.1, 0.15) is 5.82 Å². The minimum atomic E-state index is -4.40. The largest absolute Gasteiger partial charge is 0.417 e. The molecule has 0 bridgehead atoms. The summed E-state index contributed by atoms with van der Waals surface area (Å²) in [4.78, 5) is 5.69. The van der Waals surface area contributed by atoms with E-state index in [0.29, 0.717) is 18.9 Å². The second-order valence-electron chi connectivity index (χ2n) is 3.76. The minimum absolute atomic E-state index is 0.0433. The Bertz CT molecular complexity index is 402. The molecule has 1 fully saturated rings. The third kappa shape index (κ3) is 2.81. The van der Waals surface area contributed by atoms with Crippen LogP contribution in [0.25, 0.3) is 0 Å². The molecule has 2 heterocycles. The molecule has 1 aliphatic heterocycles. The van der Waals surface area contributed by atoms with E-state index in [9.17, 15) is 13.2 Å². The van der Waals surface area contributed by atoms with Crippen molar-refractivity contribution < 1.29 is 13.2 Å². The van der Waals surface area contributed by atoms with Gasteiger partial charge in [0, 0.05) is 32.4 Å². The molecule has 0 unspecified atom stereocenters. The van der Waals surface area contributed by atoms with Crippen LogP contribution in [0.1, 0.15) is 5.56 Å². The number of rotatable bonds is 1. The molecule has 0 amide bonds. The average Bonchev–Trinajstić information content (AvgIpc) is 2.29. The summed E-state index contributed by atoms with van der Waals surface area (Å²) in [6, 6.07) is 0.923. The highest BCUT2D eigenvalue weighted by molar-refractivity contribution is 6.33. The Morgan fingerprint density at radius 1 is 1.29 bits per heavy atom. The van der Waals surface area contributed by atoms with E-state index in [-0.39, 0.29) is 5.02 Å². The van der Waals surface area contributed by atoms with Crippen LogP contribution >= 0.6 is 11.6 Å². The molecule has 0 radical (unpaired) electrons. The van der Waals surface area contributed by atoms with Gasteiger partial charge in [-0.15, -0.1) is 0 Å². The monoisotopic (exact) mass is 265 g/mol. The van der Waals surface area contributed by atoms with Crippen LogP contribution in [-0.4, -0.2) is 31.2 Å². The zero-order valence-corrected chi connectivity index (χ0v) is 9.65. The lowest BCUT2D eigenvalue weighted by molar-refractivity contribution is -0.137. The number of pyridine rings is 1. The maximum atomic E-state index is 12.4. The van der Waals surface area contributed by atoms with Gasteiger partial charge in [0.25, 0.3) is 0 Å². The fraction of sp³-hybridized carbons (Fsp3) is 0.500. The van der Waals surface area contributed by atoms with Crippen molar-refractivity contribution in [2.24, 2.45) is 0 Å². The van der Waals surface area contributed by atoms with Crippen molar-refractivity contribution in [3.63, 3.8) is 0 Å². The first-order valence-electron chi connectivity index (χ1n) is 5.17. The third-order valence-corrected chi connectivity index (χ3v) is 2.84. The standard InChI is InChI=1S/C10H11ClF3N3/c11-8-5-7(10(12,13)14)6-16-9(8)17-3-1-15-2-4-17/h5-6,15H,1-4H2. The summed E-state index contributed by atoms with van der Waals surface area (Å²) < 4.78 is 37.3. The van der Waals surface area contributed by atoms with Gasteiger partial charge in [-0.25, -0.2) is 4.98 Å². The van der Waals surface area contributed by atoms with Crippen LogP contribution in [-0.2, 0) is 6.18 Å². The lowest BCUT2D eigenvalue weighted by Crippen LogP contribution is -2.44. The molecule has 94 valence electrons. The lowest BCUT2D eigenvalue weighted by Gasteiger charge is -2.29. The van der Waals surface area contributed by atoms with Gasteiger partial charge < -0.3 is 10.2 Å². The molecule has 17 heavy (non-hydrogen) atoms. The van der Waals surface area contributed by atoms with Crippen molar-refractivity contribution in [2.75, 3.05) is 31.1 Å². The Kier molecular flexibility index (Phi) is 3.44. The first-order chi connectivity index (χ1) is 7.98. The molecule has 3 nitrogen and oxygen atoms in total. The molecular weight excluding hydrogens is 255 g/mol. The maximum Gasteiger partial charge on any atom is 0.417 e. The molecule has 1 saturated heterocycles. The van der Waals surface area contributed by atoms with Gasteiger partial charge in [0.2, 0.25) is 0 Å². The topological polar surface area (TPSA) is 28.2 Å². The molecule has 0 aliphatic carbocycles. The number of hydrogen-bond donors (Lipinski definition) is 1. The van der Waals surface area contributed by atoms with E-state index in [1.807, 2.05) is 4.90 Å². The van der Waals surface area contributed by atoms with Gasteiger partial charge in [-0.3, -0.25) is 0 Å². The van der Waals surface area contributed by atoms with Crippen LogP contribution in [0.4, 0.5) is 19.0 Å². The molecule has 1 aromatic heterocycles. The highest BCUT2D eigenvalue weighted by Gasteiger charge is 2.32. The molecule has 1 aromatic rings. The van der Waals surface area contributed by atoms with Gasteiger partial charge in [0.15, 0.2) is 0 Å². The number of halogens is 4. The molecule has 0 aromatic carbocycles. The number of aromatic nitrogens is 1. The Morgan fingerprint density at radius 3 is 2.47 bits per heavy atom. The summed E-state index contributed by atoms with van der Waals surface area (Å²) in [5.41, 5.74) is -0.818. The number of hydrogen-bond acceptors (Lipinski definition) is 3. The summed E-state index contributed by atoms with van der Waals surface area (Å²) in [5.74, 6) is 0.418. The predicted octanol–water partition coefficient (Wildman–Crippen LogP) is 2.16. The van der Waals surface area contributed by atoms with E-state index < -0.39 is 11.7 Å². The van der Waals surface area contributed by atoms with Crippen LogP contribution in [0.5, 0.6) is 0 Å². The molecule has 0 spiro atoms. The highest BCUT2D eigenvalue weighted by atomic mass is 35.5. The van der Waals surface area contributed by atoms with Crippen LogP contribution in [0.2, 0.25) is 5.02 Å². The first-order valence-corrected chi connectivity index (χ1v) is 5.54. The van der Waals surface area contributed by atoms with Crippen molar-refractivity contribution in [2.45, 2.75) is 6.18 Å². The smallest absolute Gasteiger partial charge is 0.353 e. The fourth-order valence-corrected chi connectivity index (χ4v) is 1.98. The highest BCUT2D eigenvalue weighted by Crippen LogP contribution is 2.33. The second-order valence-corrected chi connectivity index (χ2v) is 4.17. The number of piperazine rings is 1. The van der Waals surface area contributed by atoms with Crippen molar-refractivity contribution >= 4 is 17.4 Å². The molecular formula is C10H11ClF3N3. The third-order valence-electron chi connectivity index (χ3n) is 2.57. The molecule has 2 rings (SSSR count). The zero-order valence-electron chi connectivity index (χ0n) is 8.89. The van der Waals surface area contributed by atoms with Gasteiger partial charge in [-0.05, 0) is 6.07 Å². The Morgan fingerprint density at radius 2 is 1.94 bits per heavy atom. The molecule has 1 N–H and O–H groups in total. The van der Waals surface area contributed by atoms with E-state index in [1.54, 1.807) is 0 Å². The van der Waals surface area contributed by atoms with E-state index in [0.717, 1.165) is 25.4 Å². The van der Waals surface area contributed by atoms with Crippen molar-refractivity contribution in [1.82, 2.24) is 10.3 Å². The second kappa shape index (κ2) is 4.70. The first kappa shape index (κ1) is 12.4. The van der Waals surface area contributed by atoms with Crippen LogP contribution in [0.3, 0.4) is 0 Å². The summed E-state index contributed by atoms with van der Waals surface area (Å²) in [7, 11) is 0. The quantitative estimate of drug-likeness (QED) is 0.843. The normalized spacial score (nSPS) is 17.3. The number of nitrogens with one attached hydrogen (secondary N) is 1. The summed E-state index contributed by atoms with van der Waals surface area (Å²) in [6.45, 7) is 2.94. The van der Waals surface area contributed by atoms with E-state index >= 15 is 0 Å². The molecule has 0 saturated carbocycles. The molecule has 7 heteroatoms. The Labute approximate surface area is 102 Å². The summed E-state index contributed by atoms with van der Waals surface area (Å²) in [5, 5.41) is 3.19. The SMILES string of the molecule is FC(F)(F)c1cnc(N2CCNCC2)c(Cl)c1. The van der Waals surface area contributed by atoms with Gasteiger partial charge in [0.05, 0.1) is 10.6 Å². The van der Waals surface area contributed by atoms with E-state index in [2.05, 4.69) is 10.3 Å². The fourth-order valence-electron chi connectivity index (χ4n) is 1.70. The predicted molar refractivity (Wildman–Crippen MR) is 59.3 cm³/mol. The van der Waals surface area contributed by atoms with Crippen molar-refractivity contribution in [3.8, 4) is 0 Å². The zero-order chi connectivity index (χ0) is 12.5. The van der Waals surface area contributed by atoms with Crippen LogP contribution < -0.4 is 10.2 Å². The Balaban J connectivity index is 2.25. The molecule has 0 atom stereocenters. The number of alkyl halides is 3. The van der Waals surface area contributed by atoms with Crippen LogP contribution in [0, 0.1) is 0 Å². The van der Waals surface area contributed by atoms with Gasteiger partial charge >= 0.3 is 6.18 Å².